The number of carbonyl (C=O) groups excluding carboxylic acids is 9. The number of amides is 5. The molecule has 5 amide bonds. The Morgan fingerprint density at radius 1 is 0.662 bits per heavy atom. The first kappa shape index (κ1) is 53.8. The summed E-state index contributed by atoms with van der Waals surface area (Å²) in [5, 5.41) is 20.8. The molecule has 0 aromatic heterocycles. The molecule has 1 saturated heterocycles. The molecule has 3 aromatic carbocycles. The van der Waals surface area contributed by atoms with Crippen LogP contribution in [0, 0.1) is 0 Å². The summed E-state index contributed by atoms with van der Waals surface area (Å²) in [6.07, 6.45) is -10.6. The van der Waals surface area contributed by atoms with E-state index in [-0.39, 0.29) is 24.7 Å². The molecule has 0 saturated carbocycles. The zero-order valence-electron chi connectivity index (χ0n) is 39.1. The highest BCUT2D eigenvalue weighted by molar-refractivity contribution is 5.92. The summed E-state index contributed by atoms with van der Waals surface area (Å²) in [5.74, 6) is -8.42. The smallest absolute Gasteiger partial charge is 0.407 e. The van der Waals surface area contributed by atoms with Gasteiger partial charge >= 0.3 is 35.9 Å². The molecular formula is C47H53N5O19. The molecule has 380 valence electrons. The fourth-order valence-corrected chi connectivity index (χ4v) is 7.42. The van der Waals surface area contributed by atoms with Gasteiger partial charge in [-0.3, -0.25) is 33.6 Å². The van der Waals surface area contributed by atoms with Crippen molar-refractivity contribution in [2.75, 3.05) is 40.1 Å². The monoisotopic (exact) mass is 991 g/mol. The van der Waals surface area contributed by atoms with Crippen molar-refractivity contribution < 1.29 is 90.9 Å². The third-order valence-electron chi connectivity index (χ3n) is 10.7. The molecule has 1 aliphatic carbocycles. The standard InChI is InChI=1S/C47H53N5O19/c1-24(44(60)61)66-23-51-37(57)19-49-43(59)35(52-38(58)21-48-36(56)20-50-47(63)65-22-34-32-12-8-6-10-30(32)31-11-7-9-13-33(31)34)18-28-14-16-29(17-15-28)70-46-42(69-27(4)55)40(68-26(3)54)39(67-25(2)53)41(71-46)45(62)64-5/h6-17,24,34-35,39-42,46H,18-23H2,1-5H3,(H,48,56)(H,49,59)(H,50,63)(H,51,57)(H,52,58)(H,60,61)/t24-,35+,39+,40+,41+,42-,46-/m1/s1. The van der Waals surface area contributed by atoms with Crippen LogP contribution >= 0.6 is 0 Å². The number of benzene rings is 3. The second-order valence-corrected chi connectivity index (χ2v) is 15.8. The Bertz CT molecular complexity index is 2420. The number of fused-ring (bicyclic) bond motifs is 3. The molecule has 0 unspecified atom stereocenters. The quantitative estimate of drug-likeness (QED) is 0.0442. The van der Waals surface area contributed by atoms with Crippen molar-refractivity contribution in [2.24, 2.45) is 0 Å². The van der Waals surface area contributed by atoms with E-state index in [1.165, 1.54) is 31.2 Å². The van der Waals surface area contributed by atoms with Gasteiger partial charge in [-0.2, -0.15) is 0 Å². The van der Waals surface area contributed by atoms with E-state index in [0.717, 1.165) is 50.1 Å². The number of carbonyl (C=O) groups is 10. The zero-order valence-corrected chi connectivity index (χ0v) is 39.1. The summed E-state index contributed by atoms with van der Waals surface area (Å²) < 4.78 is 43.0. The average Bonchev–Trinajstić information content (AvgIpc) is 3.65. The van der Waals surface area contributed by atoms with E-state index in [4.69, 9.17) is 43.0 Å². The van der Waals surface area contributed by atoms with E-state index in [9.17, 15) is 47.9 Å². The summed E-state index contributed by atoms with van der Waals surface area (Å²) in [6, 6.07) is 19.8. The van der Waals surface area contributed by atoms with Crippen LogP contribution in [-0.2, 0) is 82.7 Å². The topological polar surface area (TPSA) is 325 Å². The third-order valence-corrected chi connectivity index (χ3v) is 10.7. The maximum absolute atomic E-state index is 13.5. The molecule has 2 aliphatic rings. The largest absolute Gasteiger partial charge is 0.479 e. The molecule has 5 rings (SSSR count). The maximum Gasteiger partial charge on any atom is 0.407 e. The highest BCUT2D eigenvalue weighted by atomic mass is 16.7. The lowest BCUT2D eigenvalue weighted by atomic mass is 9.97. The van der Waals surface area contributed by atoms with E-state index in [1.54, 1.807) is 0 Å². The lowest BCUT2D eigenvalue weighted by Crippen LogP contribution is -2.64. The van der Waals surface area contributed by atoms with Gasteiger partial charge in [0.05, 0.1) is 20.2 Å². The molecule has 24 heteroatoms. The Kier molecular flexibility index (Phi) is 19.3. The van der Waals surface area contributed by atoms with Gasteiger partial charge in [-0.05, 0) is 46.9 Å². The highest BCUT2D eigenvalue weighted by Crippen LogP contribution is 2.44. The van der Waals surface area contributed by atoms with Crippen LogP contribution < -0.4 is 31.3 Å². The SMILES string of the molecule is COC(=O)[C@H]1O[C@@H](Oc2ccc(C[C@H](NC(=O)CNC(=O)CNC(=O)OCC3c4ccccc4-c4ccccc43)C(=O)NCC(=O)NCO[C@H](C)C(=O)O)cc2)[C@H](OC(C)=O)[C@@H](OC(C)=O)[C@@H]1OC(C)=O. The number of carboxylic acid groups (broad SMARTS) is 1. The number of hydrogen-bond acceptors (Lipinski definition) is 18. The fraction of sp³-hybridized carbons (Fsp3) is 0.404. The van der Waals surface area contributed by atoms with E-state index in [1.807, 2.05) is 48.5 Å². The predicted octanol–water partition coefficient (Wildman–Crippen LogP) is 0.120. The molecule has 71 heavy (non-hydrogen) atoms. The molecule has 0 bridgehead atoms. The normalized spacial score (nSPS) is 18.6. The van der Waals surface area contributed by atoms with Crippen molar-refractivity contribution >= 4 is 59.6 Å². The Morgan fingerprint density at radius 3 is 1.80 bits per heavy atom. The van der Waals surface area contributed by atoms with Crippen LogP contribution in [0.2, 0.25) is 0 Å². The minimum atomic E-state index is -1.72. The number of esters is 4. The van der Waals surface area contributed by atoms with Gasteiger partial charge in [-0.1, -0.05) is 60.7 Å². The zero-order chi connectivity index (χ0) is 51.8. The molecule has 1 heterocycles. The Labute approximate surface area is 405 Å². The molecule has 1 fully saturated rings. The van der Waals surface area contributed by atoms with Crippen molar-refractivity contribution in [3.05, 3.63) is 89.5 Å². The van der Waals surface area contributed by atoms with Crippen molar-refractivity contribution in [1.29, 1.82) is 0 Å². The van der Waals surface area contributed by atoms with E-state index >= 15 is 0 Å². The molecule has 7 atom stereocenters. The number of rotatable bonds is 22. The number of nitrogens with one attached hydrogen (secondary N) is 5. The molecule has 0 radical (unpaired) electrons. The summed E-state index contributed by atoms with van der Waals surface area (Å²) in [5.41, 5.74) is 4.45. The van der Waals surface area contributed by atoms with Gasteiger partial charge in [0.15, 0.2) is 24.4 Å². The number of ether oxygens (including phenoxy) is 8. The molecule has 0 spiro atoms. The van der Waals surface area contributed by atoms with Gasteiger partial charge in [0.25, 0.3) is 0 Å². The van der Waals surface area contributed by atoms with Gasteiger partial charge in [0.2, 0.25) is 36.0 Å². The lowest BCUT2D eigenvalue weighted by Gasteiger charge is -2.43. The fourth-order valence-electron chi connectivity index (χ4n) is 7.42. The number of hydrogen-bond donors (Lipinski definition) is 6. The van der Waals surface area contributed by atoms with Crippen molar-refractivity contribution in [1.82, 2.24) is 26.6 Å². The number of alkyl carbamates (subject to hydrolysis) is 1. The molecular weight excluding hydrogens is 939 g/mol. The minimum Gasteiger partial charge on any atom is -0.479 e. The van der Waals surface area contributed by atoms with Gasteiger partial charge in [0, 0.05) is 33.1 Å². The van der Waals surface area contributed by atoms with Crippen molar-refractivity contribution in [3.63, 3.8) is 0 Å². The van der Waals surface area contributed by atoms with Crippen LogP contribution in [0.4, 0.5) is 4.79 Å². The molecule has 3 aromatic rings. The Morgan fingerprint density at radius 2 is 1.21 bits per heavy atom. The maximum atomic E-state index is 13.5. The summed E-state index contributed by atoms with van der Waals surface area (Å²) in [4.78, 5) is 125. The molecule has 24 nitrogen and oxygen atoms in total. The number of carboxylic acids is 1. The molecule has 1 aliphatic heterocycles. The Hall–Kier alpha value is -8.12. The number of aliphatic carboxylic acids is 1. The first-order valence-corrected chi connectivity index (χ1v) is 21.9. The minimum absolute atomic E-state index is 0.00285. The van der Waals surface area contributed by atoms with Gasteiger partial charge in [-0.25, -0.2) is 14.4 Å². The van der Waals surface area contributed by atoms with Crippen molar-refractivity contribution in [2.45, 2.75) is 82.9 Å². The lowest BCUT2D eigenvalue weighted by molar-refractivity contribution is -0.282. The van der Waals surface area contributed by atoms with Crippen LogP contribution in [-0.4, -0.2) is 148 Å². The predicted molar refractivity (Wildman–Crippen MR) is 240 cm³/mol. The Balaban J connectivity index is 1.22. The van der Waals surface area contributed by atoms with Gasteiger partial charge in [-0.15, -0.1) is 0 Å². The van der Waals surface area contributed by atoms with Gasteiger partial charge in [0.1, 0.15) is 31.7 Å². The first-order valence-electron chi connectivity index (χ1n) is 21.9. The van der Waals surface area contributed by atoms with Crippen LogP contribution in [0.5, 0.6) is 5.75 Å². The molecule has 6 N–H and O–H groups in total. The van der Waals surface area contributed by atoms with Crippen LogP contribution in [0.1, 0.15) is 50.3 Å². The van der Waals surface area contributed by atoms with E-state index in [0.29, 0.717) is 5.56 Å². The average molecular weight is 992 g/mol. The summed E-state index contributed by atoms with van der Waals surface area (Å²) in [6.45, 7) is 2.04. The second kappa shape index (κ2) is 25.5. The highest BCUT2D eigenvalue weighted by Gasteiger charge is 2.56. The van der Waals surface area contributed by atoms with Gasteiger partial charge < -0.3 is 69.6 Å². The van der Waals surface area contributed by atoms with Crippen molar-refractivity contribution in [3.8, 4) is 16.9 Å². The van der Waals surface area contributed by atoms with Crippen LogP contribution in [0.15, 0.2) is 72.8 Å². The van der Waals surface area contributed by atoms with E-state index < -0.39 is 129 Å². The third kappa shape index (κ3) is 15.4. The van der Waals surface area contributed by atoms with Crippen LogP contribution in [0.3, 0.4) is 0 Å². The summed E-state index contributed by atoms with van der Waals surface area (Å²) >= 11 is 0. The van der Waals surface area contributed by atoms with E-state index in [2.05, 4.69) is 26.6 Å². The van der Waals surface area contributed by atoms with Crippen LogP contribution in [0.25, 0.3) is 11.1 Å². The first-order chi connectivity index (χ1) is 33.8. The number of methoxy groups -OCH3 is 1. The second-order valence-electron chi connectivity index (χ2n) is 15.8. The summed E-state index contributed by atoms with van der Waals surface area (Å²) in [7, 11) is 1.03.